The molecule has 0 bridgehead atoms. The van der Waals surface area contributed by atoms with E-state index in [-0.39, 0.29) is 22.9 Å². The number of benzene rings is 2. The number of hydrogen-bond acceptors (Lipinski definition) is 5. The monoisotopic (exact) mass is 541 g/mol. The Morgan fingerprint density at radius 1 is 1.00 bits per heavy atom. The highest BCUT2D eigenvalue weighted by molar-refractivity contribution is 7.89. The van der Waals surface area contributed by atoms with Gasteiger partial charge >= 0.3 is 6.03 Å². The number of likely N-dealkylation sites (tertiary alicyclic amines) is 1. The summed E-state index contributed by atoms with van der Waals surface area (Å²) in [4.78, 5) is 28.7. The highest BCUT2D eigenvalue weighted by Crippen LogP contribution is 2.34. The molecule has 0 spiro atoms. The summed E-state index contributed by atoms with van der Waals surface area (Å²) in [6.07, 6.45) is 5.65. The van der Waals surface area contributed by atoms with E-state index in [1.807, 2.05) is 18.2 Å². The van der Waals surface area contributed by atoms with Gasteiger partial charge in [-0.1, -0.05) is 44.2 Å². The number of piperidine rings is 1. The van der Waals surface area contributed by atoms with Gasteiger partial charge in [-0.2, -0.15) is 4.72 Å². The number of rotatable bonds is 9. The Labute approximate surface area is 225 Å². The van der Waals surface area contributed by atoms with E-state index in [1.54, 1.807) is 30.9 Å². The Morgan fingerprint density at radius 3 is 2.34 bits per heavy atom. The molecule has 2 aliphatic rings. The van der Waals surface area contributed by atoms with Crippen molar-refractivity contribution in [2.75, 3.05) is 29.9 Å². The third kappa shape index (κ3) is 6.66. The molecule has 0 saturated carbocycles. The van der Waals surface area contributed by atoms with Gasteiger partial charge < -0.3 is 20.9 Å². The Morgan fingerprint density at radius 2 is 1.68 bits per heavy atom. The highest BCUT2D eigenvalue weighted by Gasteiger charge is 2.32. The molecular formula is C28H39N5O4S. The fraction of sp³-hybridized carbons (Fsp3) is 0.500. The molecule has 4 rings (SSSR count). The van der Waals surface area contributed by atoms with Crippen LogP contribution in [0.2, 0.25) is 0 Å². The lowest BCUT2D eigenvalue weighted by Gasteiger charge is -2.39. The molecule has 2 aromatic rings. The molecule has 0 aliphatic carbocycles. The quantitative estimate of drug-likeness (QED) is 0.446. The number of sulfonamides is 1. The van der Waals surface area contributed by atoms with E-state index in [2.05, 4.69) is 27.1 Å². The molecule has 9 nitrogen and oxygen atoms in total. The number of hydrogen-bond donors (Lipinski definition) is 3. The van der Waals surface area contributed by atoms with Gasteiger partial charge in [0.25, 0.3) is 0 Å². The van der Waals surface area contributed by atoms with Crippen LogP contribution in [0.1, 0.15) is 51.5 Å². The fourth-order valence-electron chi connectivity index (χ4n) is 5.34. The smallest absolute Gasteiger partial charge is 0.321 e. The average Bonchev–Trinajstić information content (AvgIpc) is 3.43. The molecule has 206 valence electrons. The Bertz CT molecular complexity index is 1230. The zero-order chi connectivity index (χ0) is 27.3. The summed E-state index contributed by atoms with van der Waals surface area (Å²) < 4.78 is 30.1. The first-order valence-corrected chi connectivity index (χ1v) is 15.0. The molecule has 2 saturated heterocycles. The van der Waals surface area contributed by atoms with Gasteiger partial charge in [-0.25, -0.2) is 13.2 Å². The lowest BCUT2D eigenvalue weighted by molar-refractivity contribution is -0.120. The number of nitrogens with two attached hydrogens (primary N) is 1. The number of amides is 3. The first-order valence-electron chi connectivity index (χ1n) is 13.5. The topological polar surface area (TPSA) is 125 Å². The normalized spacial score (nSPS) is 19.0. The summed E-state index contributed by atoms with van der Waals surface area (Å²) in [6.45, 7) is 5.56. The second-order valence-corrected chi connectivity index (χ2v) is 12.3. The van der Waals surface area contributed by atoms with Crippen LogP contribution < -0.4 is 20.7 Å². The molecule has 2 aromatic carbocycles. The summed E-state index contributed by atoms with van der Waals surface area (Å²) in [6, 6.07) is 14.0. The summed E-state index contributed by atoms with van der Waals surface area (Å²) in [7, 11) is -4.16. The number of urea groups is 1. The number of anilines is 2. The summed E-state index contributed by atoms with van der Waals surface area (Å²) in [5.74, 6) is -1.06. The first kappa shape index (κ1) is 27.9. The minimum atomic E-state index is -4.16. The van der Waals surface area contributed by atoms with Crippen LogP contribution in [0.15, 0.2) is 53.4 Å². The summed E-state index contributed by atoms with van der Waals surface area (Å²) in [5.41, 5.74) is 7.68. The van der Waals surface area contributed by atoms with Crippen molar-refractivity contribution in [1.82, 2.24) is 9.62 Å². The zero-order valence-electron chi connectivity index (χ0n) is 22.2. The van der Waals surface area contributed by atoms with Crippen molar-refractivity contribution < 1.29 is 18.0 Å². The molecular weight excluding hydrogens is 502 g/mol. The van der Waals surface area contributed by atoms with Crippen LogP contribution in [-0.4, -0.2) is 57.0 Å². The van der Waals surface area contributed by atoms with Gasteiger partial charge in [0.15, 0.2) is 0 Å². The SMILES string of the molecule is CC(C)C(NS(=O)(=O)c1cc(NC(=O)N2CCCC2)ccc1N1CCCCC1Cc1ccccc1)C(N)=O. The predicted octanol–water partition coefficient (Wildman–Crippen LogP) is 3.70. The molecule has 2 atom stereocenters. The summed E-state index contributed by atoms with van der Waals surface area (Å²) in [5, 5.41) is 2.86. The van der Waals surface area contributed by atoms with Crippen LogP contribution in [0.4, 0.5) is 16.2 Å². The minimum absolute atomic E-state index is 0.0311. The second kappa shape index (κ2) is 12.2. The van der Waals surface area contributed by atoms with Gasteiger partial charge in [-0.3, -0.25) is 4.79 Å². The number of primary amides is 1. The molecule has 4 N–H and O–H groups in total. The standard InChI is InChI=1S/C28H39N5O4S/c1-20(2)26(27(29)34)31-38(36,37)25-19-22(30-28(35)32-15-8-9-16-32)13-14-24(25)33-17-7-6-12-23(33)18-21-10-4-3-5-11-21/h3-5,10-11,13-14,19-20,23,26,31H,6-9,12,15-18H2,1-2H3,(H2,29,34)(H,30,35). The van der Waals surface area contributed by atoms with Crippen LogP contribution in [0, 0.1) is 5.92 Å². The van der Waals surface area contributed by atoms with Gasteiger partial charge in [0.2, 0.25) is 15.9 Å². The Hall–Kier alpha value is -3.11. The third-order valence-corrected chi connectivity index (χ3v) is 8.87. The van der Waals surface area contributed by atoms with E-state index in [0.29, 0.717) is 31.0 Å². The molecule has 0 aromatic heterocycles. The molecule has 38 heavy (non-hydrogen) atoms. The van der Waals surface area contributed by atoms with Crippen molar-refractivity contribution in [1.29, 1.82) is 0 Å². The summed E-state index contributed by atoms with van der Waals surface area (Å²) >= 11 is 0. The fourth-order valence-corrected chi connectivity index (χ4v) is 6.93. The van der Waals surface area contributed by atoms with Crippen LogP contribution in [-0.2, 0) is 21.2 Å². The van der Waals surface area contributed by atoms with Gasteiger partial charge in [-0.05, 0) is 68.2 Å². The number of nitrogens with one attached hydrogen (secondary N) is 2. The molecule has 0 radical (unpaired) electrons. The molecule has 2 aliphatic heterocycles. The molecule has 2 unspecified atom stereocenters. The van der Waals surface area contributed by atoms with Gasteiger partial charge in [0, 0.05) is 31.4 Å². The lowest BCUT2D eigenvalue weighted by atomic mass is 9.95. The van der Waals surface area contributed by atoms with Crippen LogP contribution in [0.25, 0.3) is 0 Å². The third-order valence-electron chi connectivity index (χ3n) is 7.40. The lowest BCUT2D eigenvalue weighted by Crippen LogP contribution is -2.48. The van der Waals surface area contributed by atoms with Crippen molar-refractivity contribution in [2.45, 2.75) is 69.4 Å². The zero-order valence-corrected chi connectivity index (χ0v) is 23.0. The predicted molar refractivity (Wildman–Crippen MR) is 150 cm³/mol. The second-order valence-electron chi connectivity index (χ2n) is 10.6. The molecule has 2 heterocycles. The van der Waals surface area contributed by atoms with Gasteiger partial charge in [-0.15, -0.1) is 0 Å². The maximum Gasteiger partial charge on any atom is 0.321 e. The van der Waals surface area contributed by atoms with Gasteiger partial charge in [0.05, 0.1) is 5.69 Å². The van der Waals surface area contributed by atoms with Crippen LogP contribution in [0.5, 0.6) is 0 Å². The van der Waals surface area contributed by atoms with Crippen molar-refractivity contribution in [3.63, 3.8) is 0 Å². The average molecular weight is 542 g/mol. The van der Waals surface area contributed by atoms with Crippen LogP contribution >= 0.6 is 0 Å². The van der Waals surface area contributed by atoms with E-state index in [1.165, 1.54) is 11.6 Å². The van der Waals surface area contributed by atoms with E-state index in [9.17, 15) is 18.0 Å². The van der Waals surface area contributed by atoms with E-state index in [4.69, 9.17) is 5.73 Å². The maximum atomic E-state index is 13.8. The highest BCUT2D eigenvalue weighted by atomic mass is 32.2. The maximum absolute atomic E-state index is 13.8. The molecule has 3 amide bonds. The first-order chi connectivity index (χ1) is 18.2. The van der Waals surface area contributed by atoms with Crippen molar-refractivity contribution in [2.24, 2.45) is 11.7 Å². The number of nitrogens with zero attached hydrogens (tertiary/aromatic N) is 2. The molecule has 10 heteroatoms. The minimum Gasteiger partial charge on any atom is -0.368 e. The number of carbonyl (C=O) groups is 2. The van der Waals surface area contributed by atoms with E-state index < -0.39 is 22.0 Å². The van der Waals surface area contributed by atoms with Gasteiger partial charge in [0.1, 0.15) is 10.9 Å². The Balaban J connectivity index is 1.71. The Kier molecular flexibility index (Phi) is 8.94. The van der Waals surface area contributed by atoms with Crippen molar-refractivity contribution >= 4 is 33.3 Å². The largest absolute Gasteiger partial charge is 0.368 e. The van der Waals surface area contributed by atoms with Crippen molar-refractivity contribution in [3.8, 4) is 0 Å². The van der Waals surface area contributed by atoms with E-state index in [0.717, 1.165) is 38.5 Å². The number of carbonyl (C=O) groups excluding carboxylic acids is 2. The van der Waals surface area contributed by atoms with Crippen LogP contribution in [0.3, 0.4) is 0 Å². The van der Waals surface area contributed by atoms with Crippen molar-refractivity contribution in [3.05, 3.63) is 54.1 Å². The van der Waals surface area contributed by atoms with E-state index >= 15 is 0 Å². The molecule has 2 fully saturated rings.